The zero-order valence-corrected chi connectivity index (χ0v) is 14.3. The van der Waals surface area contributed by atoms with E-state index >= 15 is 0 Å². The summed E-state index contributed by atoms with van der Waals surface area (Å²) in [5.41, 5.74) is 1.15. The van der Waals surface area contributed by atoms with Crippen molar-refractivity contribution in [2.45, 2.75) is 65.5 Å². The maximum atomic E-state index is 12.0. The molecule has 6 heteroatoms. The van der Waals surface area contributed by atoms with Gasteiger partial charge in [-0.25, -0.2) is 13.8 Å². The van der Waals surface area contributed by atoms with Crippen LogP contribution >= 0.6 is 11.3 Å². The largest absolute Gasteiger partial charge is 0.375 e. The molecule has 3 nitrogen and oxygen atoms in total. The molecule has 0 amide bonds. The van der Waals surface area contributed by atoms with Crippen molar-refractivity contribution in [2.24, 2.45) is 0 Å². The number of nitrogens with one attached hydrogen (secondary N) is 1. The van der Waals surface area contributed by atoms with Gasteiger partial charge in [0.1, 0.15) is 6.61 Å². The van der Waals surface area contributed by atoms with Crippen molar-refractivity contribution in [3.8, 4) is 0 Å². The fraction of sp³-hybridized carbons (Fsp3) is 0.800. The molecule has 0 saturated heterocycles. The van der Waals surface area contributed by atoms with Gasteiger partial charge in [0, 0.05) is 23.4 Å². The van der Waals surface area contributed by atoms with Gasteiger partial charge in [-0.1, -0.05) is 13.8 Å². The predicted octanol–water partition coefficient (Wildman–Crippen LogP) is 3.98. The normalized spacial score (nSPS) is 12.6. The zero-order chi connectivity index (χ0) is 16.0. The molecule has 0 unspecified atom stereocenters. The Bertz CT molecular complexity index is 428. The number of ether oxygens (including phenoxy) is 1. The quantitative estimate of drug-likeness (QED) is 0.736. The maximum absolute atomic E-state index is 12.0. The van der Waals surface area contributed by atoms with E-state index in [-0.39, 0.29) is 5.54 Å². The fourth-order valence-electron chi connectivity index (χ4n) is 1.78. The molecule has 1 N–H and O–H groups in total. The van der Waals surface area contributed by atoms with E-state index in [1.54, 1.807) is 11.3 Å². The van der Waals surface area contributed by atoms with E-state index in [1.165, 1.54) is 4.88 Å². The lowest BCUT2D eigenvalue weighted by molar-refractivity contribution is 0.0187. The van der Waals surface area contributed by atoms with Crippen LogP contribution in [-0.2, 0) is 17.7 Å². The Kier molecular flexibility index (Phi) is 7.16. The topological polar surface area (TPSA) is 34.1 Å². The summed E-state index contributed by atoms with van der Waals surface area (Å²) in [5, 5.41) is 4.43. The van der Waals surface area contributed by atoms with Crippen molar-refractivity contribution in [3.63, 3.8) is 0 Å². The Morgan fingerprint density at radius 1 is 1.29 bits per heavy atom. The van der Waals surface area contributed by atoms with Gasteiger partial charge in [0.2, 0.25) is 0 Å². The average molecular weight is 320 g/mol. The van der Waals surface area contributed by atoms with Crippen LogP contribution in [0.1, 0.15) is 56.1 Å². The Morgan fingerprint density at radius 2 is 1.95 bits per heavy atom. The molecule has 122 valence electrons. The van der Waals surface area contributed by atoms with Gasteiger partial charge in [-0.05, 0) is 26.7 Å². The number of aromatic nitrogens is 1. The van der Waals surface area contributed by atoms with Gasteiger partial charge in [-0.15, -0.1) is 11.3 Å². The van der Waals surface area contributed by atoms with E-state index in [4.69, 9.17) is 4.74 Å². The number of rotatable bonds is 8. The first kappa shape index (κ1) is 18.5. The summed E-state index contributed by atoms with van der Waals surface area (Å²) < 4.78 is 28.9. The molecule has 0 aliphatic heterocycles. The average Bonchev–Trinajstić information content (AvgIpc) is 2.74. The molecule has 0 aromatic carbocycles. The third-order valence-corrected chi connectivity index (χ3v) is 3.93. The number of hydrogen-bond donors (Lipinski definition) is 1. The van der Waals surface area contributed by atoms with Crippen LogP contribution in [0.2, 0.25) is 0 Å². The van der Waals surface area contributed by atoms with E-state index in [1.807, 2.05) is 0 Å². The van der Waals surface area contributed by atoms with Crippen molar-refractivity contribution in [1.82, 2.24) is 10.3 Å². The summed E-state index contributed by atoms with van der Waals surface area (Å²) in [4.78, 5) is 5.86. The summed E-state index contributed by atoms with van der Waals surface area (Å²) in [6.45, 7) is 11.2. The Balaban J connectivity index is 2.61. The van der Waals surface area contributed by atoms with Gasteiger partial charge in [-0.2, -0.15) is 0 Å². The Morgan fingerprint density at radius 3 is 2.48 bits per heavy atom. The van der Waals surface area contributed by atoms with Crippen molar-refractivity contribution in [1.29, 1.82) is 0 Å². The maximum Gasteiger partial charge on any atom is 0.261 e. The van der Waals surface area contributed by atoms with Crippen LogP contribution in [0.3, 0.4) is 0 Å². The van der Waals surface area contributed by atoms with Crippen LogP contribution in [0.25, 0.3) is 0 Å². The number of nitrogens with zero attached hydrogens (tertiary/aromatic N) is 1. The highest BCUT2D eigenvalue weighted by molar-refractivity contribution is 7.11. The molecule has 0 aliphatic carbocycles. The molecule has 0 fully saturated rings. The third kappa shape index (κ3) is 7.29. The standard InChI is InChI=1S/C15H26F2N2OS/c1-10(2)14-11(8-18-15(3,4)5)21-13(19-14)6-7-20-9-12(16)17/h10,12,18H,6-9H2,1-5H3. The molecule has 21 heavy (non-hydrogen) atoms. The minimum Gasteiger partial charge on any atom is -0.375 e. The monoisotopic (exact) mass is 320 g/mol. The molecule has 1 rings (SSSR count). The highest BCUT2D eigenvalue weighted by Gasteiger charge is 2.16. The minimum atomic E-state index is -2.40. The van der Waals surface area contributed by atoms with Crippen molar-refractivity contribution in [3.05, 3.63) is 15.6 Å². The Hall–Kier alpha value is -0.590. The van der Waals surface area contributed by atoms with Gasteiger partial charge in [0.05, 0.1) is 17.3 Å². The van der Waals surface area contributed by atoms with Gasteiger partial charge >= 0.3 is 0 Å². The number of alkyl halides is 2. The van der Waals surface area contributed by atoms with E-state index in [2.05, 4.69) is 44.9 Å². The first-order valence-corrected chi connectivity index (χ1v) is 8.10. The lowest BCUT2D eigenvalue weighted by Crippen LogP contribution is -2.35. The number of thiazole rings is 1. The summed E-state index contributed by atoms with van der Waals surface area (Å²) in [6.07, 6.45) is -1.81. The molecule has 1 aromatic heterocycles. The molecule has 0 aliphatic rings. The summed E-state index contributed by atoms with van der Waals surface area (Å²) in [7, 11) is 0. The van der Waals surface area contributed by atoms with E-state index in [0.717, 1.165) is 17.2 Å². The molecule has 1 heterocycles. The second kappa shape index (κ2) is 8.15. The molecule has 0 spiro atoms. The molecule has 0 saturated carbocycles. The fourth-order valence-corrected chi connectivity index (χ4v) is 2.92. The molecular formula is C15H26F2N2OS. The van der Waals surface area contributed by atoms with Crippen molar-refractivity contribution in [2.75, 3.05) is 13.2 Å². The molecule has 0 atom stereocenters. The van der Waals surface area contributed by atoms with Crippen LogP contribution in [0.15, 0.2) is 0 Å². The SMILES string of the molecule is CC(C)c1nc(CCOCC(F)F)sc1CNC(C)(C)C. The van der Waals surface area contributed by atoms with Gasteiger partial charge < -0.3 is 10.1 Å². The second-order valence-corrected chi connectivity index (χ2v) is 7.56. The highest BCUT2D eigenvalue weighted by atomic mass is 32.1. The van der Waals surface area contributed by atoms with Crippen molar-refractivity contribution >= 4 is 11.3 Å². The first-order valence-electron chi connectivity index (χ1n) is 7.28. The number of halogens is 2. The van der Waals surface area contributed by atoms with Crippen LogP contribution in [0.4, 0.5) is 8.78 Å². The summed E-state index contributed by atoms with van der Waals surface area (Å²) in [5.74, 6) is 0.355. The lowest BCUT2D eigenvalue weighted by atomic mass is 10.1. The smallest absolute Gasteiger partial charge is 0.261 e. The van der Waals surface area contributed by atoms with Gasteiger partial charge in [0.25, 0.3) is 6.43 Å². The van der Waals surface area contributed by atoms with Crippen LogP contribution in [0, 0.1) is 0 Å². The summed E-state index contributed by atoms with van der Waals surface area (Å²) >= 11 is 1.65. The van der Waals surface area contributed by atoms with Crippen LogP contribution in [0.5, 0.6) is 0 Å². The third-order valence-electron chi connectivity index (χ3n) is 2.80. The number of hydrogen-bond acceptors (Lipinski definition) is 4. The van der Waals surface area contributed by atoms with Crippen LogP contribution < -0.4 is 5.32 Å². The second-order valence-electron chi connectivity index (χ2n) is 6.39. The van der Waals surface area contributed by atoms with Crippen LogP contribution in [-0.4, -0.2) is 30.2 Å². The molecular weight excluding hydrogens is 294 g/mol. The lowest BCUT2D eigenvalue weighted by Gasteiger charge is -2.20. The zero-order valence-electron chi connectivity index (χ0n) is 13.5. The molecule has 1 aromatic rings. The van der Waals surface area contributed by atoms with E-state index < -0.39 is 13.0 Å². The predicted molar refractivity (Wildman–Crippen MR) is 83.3 cm³/mol. The van der Waals surface area contributed by atoms with Crippen molar-refractivity contribution < 1.29 is 13.5 Å². The Labute approximate surface area is 130 Å². The summed E-state index contributed by atoms with van der Waals surface area (Å²) in [6, 6.07) is 0. The van der Waals surface area contributed by atoms with Gasteiger partial charge in [-0.3, -0.25) is 0 Å². The highest BCUT2D eigenvalue weighted by Crippen LogP contribution is 2.26. The molecule has 0 radical (unpaired) electrons. The van der Waals surface area contributed by atoms with E-state index in [9.17, 15) is 8.78 Å². The van der Waals surface area contributed by atoms with Gasteiger partial charge in [0.15, 0.2) is 0 Å². The first-order chi connectivity index (χ1) is 9.69. The minimum absolute atomic E-state index is 0.0543. The molecule has 0 bridgehead atoms. The van der Waals surface area contributed by atoms with E-state index in [0.29, 0.717) is 18.9 Å².